The molecule has 2 aliphatic heterocycles. The lowest BCUT2D eigenvalue weighted by Gasteiger charge is -2.36. The fourth-order valence-corrected chi connectivity index (χ4v) is 3.31. The zero-order valence-corrected chi connectivity index (χ0v) is 12.1. The lowest BCUT2D eigenvalue weighted by atomic mass is 10.1. The van der Waals surface area contributed by atoms with Crippen LogP contribution >= 0.6 is 11.8 Å². The van der Waals surface area contributed by atoms with Crippen LogP contribution in [-0.2, 0) is 9.59 Å². The maximum Gasteiger partial charge on any atom is 0.229 e. The van der Waals surface area contributed by atoms with E-state index in [0.29, 0.717) is 6.54 Å². The van der Waals surface area contributed by atoms with Gasteiger partial charge in [-0.1, -0.05) is 18.2 Å². The van der Waals surface area contributed by atoms with Gasteiger partial charge in [-0.15, -0.1) is 11.8 Å². The summed E-state index contributed by atoms with van der Waals surface area (Å²) in [5.41, 5.74) is 9.06. The predicted octanol–water partition coefficient (Wildman–Crippen LogP) is -0.825. The first-order chi connectivity index (χ1) is 10.1. The maximum atomic E-state index is 12.2. The largest absolute Gasteiger partial charge is 0.369 e. The van der Waals surface area contributed by atoms with E-state index >= 15 is 0 Å². The van der Waals surface area contributed by atoms with Gasteiger partial charge in [0, 0.05) is 6.54 Å². The Morgan fingerprint density at radius 1 is 1.38 bits per heavy atom. The molecule has 1 aromatic rings. The number of hydrogen-bond acceptors (Lipinski definition) is 6. The van der Waals surface area contributed by atoms with E-state index in [2.05, 4.69) is 16.1 Å². The fraction of sp³-hybridized carbons (Fsp3) is 0.385. The van der Waals surface area contributed by atoms with Gasteiger partial charge in [0.1, 0.15) is 11.7 Å². The highest BCUT2D eigenvalue weighted by molar-refractivity contribution is 8.00. The van der Waals surface area contributed by atoms with Crippen molar-refractivity contribution < 1.29 is 9.59 Å². The Labute approximate surface area is 126 Å². The summed E-state index contributed by atoms with van der Waals surface area (Å²) in [5, 5.41) is 8.15. The zero-order chi connectivity index (χ0) is 14.8. The summed E-state index contributed by atoms with van der Waals surface area (Å²) in [6.45, 7) is 0.575. The van der Waals surface area contributed by atoms with Gasteiger partial charge in [-0.2, -0.15) is 0 Å². The Morgan fingerprint density at radius 3 is 2.86 bits per heavy atom. The number of rotatable bonds is 4. The number of nitrogens with zero attached hydrogens (tertiary/aromatic N) is 1. The van der Waals surface area contributed by atoms with Crippen molar-refractivity contribution in [3.05, 3.63) is 30.3 Å². The normalized spacial score (nSPS) is 28.1. The molecule has 7 nitrogen and oxygen atoms in total. The third-order valence-corrected chi connectivity index (χ3v) is 4.54. The van der Waals surface area contributed by atoms with Gasteiger partial charge in [0.15, 0.2) is 0 Å². The van der Waals surface area contributed by atoms with Crippen molar-refractivity contribution in [2.24, 2.45) is 11.7 Å². The first-order valence-electron chi connectivity index (χ1n) is 6.69. The third-order valence-electron chi connectivity index (χ3n) is 3.50. The summed E-state index contributed by atoms with van der Waals surface area (Å²) in [4.78, 5) is 23.0. The van der Waals surface area contributed by atoms with Crippen LogP contribution in [0.2, 0.25) is 0 Å². The van der Waals surface area contributed by atoms with E-state index in [0.717, 1.165) is 5.69 Å². The number of primary amides is 1. The molecular weight excluding hydrogens is 290 g/mol. The van der Waals surface area contributed by atoms with Crippen LogP contribution in [0.4, 0.5) is 5.69 Å². The number of benzene rings is 1. The number of nitrogens with two attached hydrogens (primary N) is 1. The van der Waals surface area contributed by atoms with Crippen LogP contribution in [0.1, 0.15) is 0 Å². The van der Waals surface area contributed by atoms with Crippen molar-refractivity contribution in [2.75, 3.05) is 17.3 Å². The molecule has 0 aromatic heterocycles. The van der Waals surface area contributed by atoms with Crippen molar-refractivity contribution in [3.8, 4) is 0 Å². The van der Waals surface area contributed by atoms with Crippen LogP contribution in [0.3, 0.4) is 0 Å². The van der Waals surface area contributed by atoms with Crippen LogP contribution in [0, 0.1) is 5.92 Å². The summed E-state index contributed by atoms with van der Waals surface area (Å²) in [5.74, 6) is -0.432. The molecule has 0 spiro atoms. The minimum absolute atomic E-state index is 0.0216. The Kier molecular flexibility index (Phi) is 4.00. The van der Waals surface area contributed by atoms with Gasteiger partial charge in [-0.05, 0) is 12.1 Å². The molecule has 3 rings (SSSR count). The van der Waals surface area contributed by atoms with E-state index in [1.165, 1.54) is 11.8 Å². The topological polar surface area (TPSA) is 99.5 Å². The van der Waals surface area contributed by atoms with E-state index in [1.807, 2.05) is 35.3 Å². The number of hydrazine groups is 1. The first-order valence-corrected chi connectivity index (χ1v) is 7.74. The minimum Gasteiger partial charge on any atom is -0.369 e. The molecule has 5 N–H and O–H groups in total. The number of fused-ring (bicyclic) bond motifs is 1. The smallest absolute Gasteiger partial charge is 0.229 e. The molecule has 3 atom stereocenters. The summed E-state index contributed by atoms with van der Waals surface area (Å²) in [6.07, 6.45) is -0.147. The van der Waals surface area contributed by atoms with Crippen molar-refractivity contribution >= 4 is 29.3 Å². The minimum atomic E-state index is -0.400. The molecule has 2 fully saturated rings. The third kappa shape index (κ3) is 2.97. The number of para-hydroxylation sites is 1. The van der Waals surface area contributed by atoms with Crippen LogP contribution < -0.4 is 26.8 Å². The Bertz CT molecular complexity index is 541. The SMILES string of the molecule is NC(=O)CSC1NC(=O)C2CNN(c3ccccc3)C2N1. The van der Waals surface area contributed by atoms with Crippen molar-refractivity contribution in [3.63, 3.8) is 0 Å². The molecule has 0 saturated carbocycles. The van der Waals surface area contributed by atoms with Crippen LogP contribution in [0.5, 0.6) is 0 Å². The number of carbonyl (C=O) groups is 2. The van der Waals surface area contributed by atoms with Gasteiger partial charge in [0.2, 0.25) is 11.8 Å². The predicted molar refractivity (Wildman–Crippen MR) is 80.9 cm³/mol. The Morgan fingerprint density at radius 2 is 2.14 bits per heavy atom. The van der Waals surface area contributed by atoms with E-state index in [4.69, 9.17) is 5.73 Å². The molecule has 0 bridgehead atoms. The number of amides is 2. The molecule has 2 aliphatic rings. The molecule has 2 amide bonds. The Balaban J connectivity index is 1.73. The number of carbonyl (C=O) groups excluding carboxylic acids is 2. The molecule has 112 valence electrons. The first kappa shape index (κ1) is 14.2. The maximum absolute atomic E-state index is 12.2. The quantitative estimate of drug-likeness (QED) is 0.580. The van der Waals surface area contributed by atoms with Crippen molar-refractivity contribution in [1.82, 2.24) is 16.1 Å². The van der Waals surface area contributed by atoms with Crippen LogP contribution in [-0.4, -0.2) is 35.8 Å². The van der Waals surface area contributed by atoms with Crippen molar-refractivity contribution in [2.45, 2.75) is 11.7 Å². The standard InChI is InChI=1S/C13H17N5O2S/c14-10(19)7-21-13-16-11-9(12(20)17-13)6-15-18(11)8-4-2-1-3-5-8/h1-5,9,11,13,15-16H,6-7H2,(H2,14,19)(H,17,20). The fourth-order valence-electron chi connectivity index (χ4n) is 2.54. The van der Waals surface area contributed by atoms with E-state index in [1.54, 1.807) is 0 Å². The van der Waals surface area contributed by atoms with Crippen LogP contribution in [0.25, 0.3) is 0 Å². The molecule has 1 aromatic carbocycles. The van der Waals surface area contributed by atoms with Gasteiger partial charge in [0.05, 0.1) is 17.4 Å². The van der Waals surface area contributed by atoms with Crippen molar-refractivity contribution in [1.29, 1.82) is 0 Å². The molecule has 0 radical (unpaired) electrons. The molecule has 3 unspecified atom stereocenters. The number of hydrogen-bond donors (Lipinski definition) is 4. The van der Waals surface area contributed by atoms with E-state index < -0.39 is 5.91 Å². The molecule has 8 heteroatoms. The average Bonchev–Trinajstić information content (AvgIpc) is 2.90. The molecule has 21 heavy (non-hydrogen) atoms. The average molecular weight is 307 g/mol. The second-order valence-electron chi connectivity index (χ2n) is 4.95. The molecule has 2 saturated heterocycles. The number of nitrogens with one attached hydrogen (secondary N) is 3. The summed E-state index contributed by atoms with van der Waals surface area (Å²) in [6, 6.07) is 9.81. The van der Waals surface area contributed by atoms with Gasteiger partial charge in [-0.25, -0.2) is 5.43 Å². The summed E-state index contributed by atoms with van der Waals surface area (Å²) < 4.78 is 0. The zero-order valence-electron chi connectivity index (χ0n) is 11.3. The second kappa shape index (κ2) is 5.92. The highest BCUT2D eigenvalue weighted by Gasteiger charge is 2.44. The van der Waals surface area contributed by atoms with E-state index in [9.17, 15) is 9.59 Å². The number of thioether (sulfide) groups is 1. The molecule has 2 heterocycles. The lowest BCUT2D eigenvalue weighted by molar-refractivity contribution is -0.127. The number of anilines is 1. The van der Waals surface area contributed by atoms with Gasteiger partial charge in [-0.3, -0.25) is 19.9 Å². The van der Waals surface area contributed by atoms with Crippen LogP contribution in [0.15, 0.2) is 30.3 Å². The van der Waals surface area contributed by atoms with Gasteiger partial charge >= 0.3 is 0 Å². The highest BCUT2D eigenvalue weighted by atomic mass is 32.2. The highest BCUT2D eigenvalue weighted by Crippen LogP contribution is 2.26. The van der Waals surface area contributed by atoms with Gasteiger partial charge in [0.25, 0.3) is 0 Å². The summed E-state index contributed by atoms with van der Waals surface area (Å²) in [7, 11) is 0. The Hall–Kier alpha value is -1.77. The second-order valence-corrected chi connectivity index (χ2v) is 6.05. The van der Waals surface area contributed by atoms with Gasteiger partial charge < -0.3 is 11.1 Å². The molecular formula is C13H17N5O2S. The summed E-state index contributed by atoms with van der Waals surface area (Å²) >= 11 is 1.28. The van der Waals surface area contributed by atoms with E-state index in [-0.39, 0.29) is 29.2 Å². The molecule has 0 aliphatic carbocycles. The lowest BCUT2D eigenvalue weighted by Crippen LogP contribution is -2.63. The monoisotopic (exact) mass is 307 g/mol.